The molecule has 0 aliphatic carbocycles. The minimum absolute atomic E-state index is 0.0256. The molecule has 14 heteroatoms. The van der Waals surface area contributed by atoms with Crippen LogP contribution in [0.15, 0.2) is 12.2 Å². The number of hydrogen-bond acceptors (Lipinski definition) is 9. The van der Waals surface area contributed by atoms with E-state index in [9.17, 15) is 28.8 Å². The largest absolute Gasteiger partial charge is 0.480 e. The van der Waals surface area contributed by atoms with Gasteiger partial charge in [-0.25, -0.2) is 9.59 Å². The number of nitrogens with two attached hydrogens (primary N) is 1. The van der Waals surface area contributed by atoms with Crippen molar-refractivity contribution in [1.29, 1.82) is 0 Å². The molecule has 0 fully saturated rings. The van der Waals surface area contributed by atoms with E-state index in [1.54, 1.807) is 0 Å². The maximum Gasteiger partial charge on any atom is 0.330 e. The predicted molar refractivity (Wildman–Crippen MR) is 100 cm³/mol. The molecule has 7 N–H and O–H groups in total. The molecule has 29 heavy (non-hydrogen) atoms. The number of carbonyl (C=O) groups is 6. The standard InChI is InChI=1S/C10H17N3O6S.C5H6O4/c11-5(10(18)19)1-2-7(14)13-6(4-20)9(17)12-3-8(15)16;1-9-5(8)3-2-4(6)7/h5-6,20H,1-4,11H2,(H,12,17)(H,13,14)(H,15,16)(H,18,19);2-3H,1H3,(H,6,7)/b;3-2+/t5-,6-;/m0./s1. The number of esters is 1. The second-order valence-corrected chi connectivity index (χ2v) is 5.46. The highest BCUT2D eigenvalue weighted by atomic mass is 32.1. The summed E-state index contributed by atoms with van der Waals surface area (Å²) in [5, 5.41) is 29.3. The highest BCUT2D eigenvalue weighted by Gasteiger charge is 2.20. The number of carboxylic acids is 3. The molecule has 0 unspecified atom stereocenters. The summed E-state index contributed by atoms with van der Waals surface area (Å²) in [5.41, 5.74) is 5.23. The van der Waals surface area contributed by atoms with Crippen molar-refractivity contribution in [1.82, 2.24) is 10.6 Å². The fraction of sp³-hybridized carbons (Fsp3) is 0.467. The lowest BCUT2D eigenvalue weighted by molar-refractivity contribution is -0.139. The van der Waals surface area contributed by atoms with Gasteiger partial charge in [-0.1, -0.05) is 0 Å². The molecule has 0 aromatic heterocycles. The van der Waals surface area contributed by atoms with Crippen molar-refractivity contribution < 1.29 is 48.8 Å². The molecule has 0 aromatic carbocycles. The number of hydrogen-bond donors (Lipinski definition) is 7. The molecule has 0 saturated heterocycles. The summed E-state index contributed by atoms with van der Waals surface area (Å²) in [4.78, 5) is 63.6. The Balaban J connectivity index is 0. The van der Waals surface area contributed by atoms with E-state index in [1.165, 1.54) is 7.11 Å². The van der Waals surface area contributed by atoms with Crippen molar-refractivity contribution in [3.63, 3.8) is 0 Å². The Morgan fingerprint density at radius 1 is 1.10 bits per heavy atom. The van der Waals surface area contributed by atoms with Gasteiger partial charge in [0.05, 0.1) is 7.11 Å². The van der Waals surface area contributed by atoms with Crippen molar-refractivity contribution in [3.05, 3.63) is 12.2 Å². The minimum Gasteiger partial charge on any atom is -0.480 e. The van der Waals surface area contributed by atoms with Crippen molar-refractivity contribution in [2.75, 3.05) is 19.4 Å². The number of methoxy groups -OCH3 is 1. The fourth-order valence-electron chi connectivity index (χ4n) is 1.36. The van der Waals surface area contributed by atoms with Crippen LogP contribution in [0.2, 0.25) is 0 Å². The predicted octanol–water partition coefficient (Wildman–Crippen LogP) is -2.41. The van der Waals surface area contributed by atoms with Gasteiger partial charge in [0.15, 0.2) is 0 Å². The average molecular weight is 437 g/mol. The van der Waals surface area contributed by atoms with Crippen LogP contribution in [0.3, 0.4) is 0 Å². The molecule has 0 aliphatic rings. The van der Waals surface area contributed by atoms with Gasteiger partial charge in [-0.3, -0.25) is 19.2 Å². The Hall–Kier alpha value is -3.13. The van der Waals surface area contributed by atoms with Crippen LogP contribution < -0.4 is 16.4 Å². The summed E-state index contributed by atoms with van der Waals surface area (Å²) < 4.78 is 4.11. The Kier molecular flexibility index (Phi) is 15.4. The Morgan fingerprint density at radius 3 is 2.10 bits per heavy atom. The molecule has 164 valence electrons. The molecule has 0 heterocycles. The molecule has 13 nitrogen and oxygen atoms in total. The molecule has 0 saturated carbocycles. The number of aliphatic carboxylic acids is 3. The molecule has 2 atom stereocenters. The lowest BCUT2D eigenvalue weighted by Gasteiger charge is -2.16. The third-order valence-corrected chi connectivity index (χ3v) is 3.18. The summed E-state index contributed by atoms with van der Waals surface area (Å²) in [6.07, 6.45) is 1.31. The average Bonchev–Trinajstić information content (AvgIpc) is 2.66. The number of thiol groups is 1. The Labute approximate surface area is 170 Å². The molecular formula is C15H23N3O10S. The van der Waals surface area contributed by atoms with E-state index >= 15 is 0 Å². The molecule has 2 amide bonds. The van der Waals surface area contributed by atoms with Crippen LogP contribution in [0, 0.1) is 0 Å². The van der Waals surface area contributed by atoms with E-state index in [-0.39, 0.29) is 18.6 Å². The molecule has 0 aromatic rings. The van der Waals surface area contributed by atoms with E-state index in [1.807, 2.05) is 0 Å². The molecule has 0 radical (unpaired) electrons. The van der Waals surface area contributed by atoms with E-state index < -0.39 is 54.3 Å². The van der Waals surface area contributed by atoms with Gasteiger partial charge in [0.2, 0.25) is 11.8 Å². The normalized spacial score (nSPS) is 12.0. The third-order valence-electron chi connectivity index (χ3n) is 2.81. The summed E-state index contributed by atoms with van der Waals surface area (Å²) in [5.74, 6) is -5.54. The number of rotatable bonds is 11. The SMILES string of the molecule is COC(=O)/C=C/C(=O)O.N[C@@H](CCC(=O)N[C@@H](CS)C(=O)NCC(=O)O)C(=O)O. The zero-order valence-corrected chi connectivity index (χ0v) is 16.3. The van der Waals surface area contributed by atoms with Crippen LogP contribution in [-0.2, 0) is 33.5 Å². The zero-order chi connectivity index (χ0) is 23.0. The molecular weight excluding hydrogens is 414 g/mol. The van der Waals surface area contributed by atoms with Crippen LogP contribution in [0.25, 0.3) is 0 Å². The Morgan fingerprint density at radius 2 is 1.69 bits per heavy atom. The second kappa shape index (κ2) is 15.9. The summed E-state index contributed by atoms with van der Waals surface area (Å²) in [7, 11) is 1.18. The fourth-order valence-corrected chi connectivity index (χ4v) is 1.62. The highest BCUT2D eigenvalue weighted by Crippen LogP contribution is 1.97. The van der Waals surface area contributed by atoms with Crippen LogP contribution >= 0.6 is 12.6 Å². The number of carboxylic acid groups (broad SMARTS) is 3. The van der Waals surface area contributed by atoms with Crippen LogP contribution in [-0.4, -0.2) is 82.5 Å². The van der Waals surface area contributed by atoms with Gasteiger partial charge in [-0.2, -0.15) is 12.6 Å². The minimum atomic E-state index is -1.22. The third kappa shape index (κ3) is 16.7. The van der Waals surface area contributed by atoms with Crippen molar-refractivity contribution in [2.45, 2.75) is 24.9 Å². The molecule has 0 rings (SSSR count). The zero-order valence-electron chi connectivity index (χ0n) is 15.4. The summed E-state index contributed by atoms with van der Waals surface area (Å²) in [6, 6.07) is -2.15. The van der Waals surface area contributed by atoms with E-state index in [2.05, 4.69) is 28.0 Å². The first-order valence-corrected chi connectivity index (χ1v) is 8.44. The molecule has 0 bridgehead atoms. The lowest BCUT2D eigenvalue weighted by atomic mass is 10.1. The Bertz CT molecular complexity index is 638. The number of carbonyl (C=O) groups excluding carboxylic acids is 3. The van der Waals surface area contributed by atoms with Crippen LogP contribution in [0.4, 0.5) is 0 Å². The van der Waals surface area contributed by atoms with Crippen LogP contribution in [0.1, 0.15) is 12.8 Å². The second-order valence-electron chi connectivity index (χ2n) is 5.09. The van der Waals surface area contributed by atoms with Crippen LogP contribution in [0.5, 0.6) is 0 Å². The van der Waals surface area contributed by atoms with Gasteiger partial charge >= 0.3 is 23.9 Å². The van der Waals surface area contributed by atoms with E-state index in [4.69, 9.17) is 21.1 Å². The monoisotopic (exact) mass is 437 g/mol. The van der Waals surface area contributed by atoms with Gasteiger partial charge in [-0.05, 0) is 6.42 Å². The number of amides is 2. The van der Waals surface area contributed by atoms with Gasteiger partial charge < -0.3 is 36.4 Å². The quantitative estimate of drug-likeness (QED) is 0.102. The highest BCUT2D eigenvalue weighted by molar-refractivity contribution is 7.80. The van der Waals surface area contributed by atoms with E-state index in [0.717, 1.165) is 6.08 Å². The van der Waals surface area contributed by atoms with Gasteiger partial charge in [0.1, 0.15) is 18.6 Å². The number of nitrogens with one attached hydrogen (secondary N) is 2. The maximum absolute atomic E-state index is 11.5. The smallest absolute Gasteiger partial charge is 0.330 e. The van der Waals surface area contributed by atoms with Crippen molar-refractivity contribution in [2.24, 2.45) is 5.73 Å². The lowest BCUT2D eigenvalue weighted by Crippen LogP contribution is -2.49. The first-order chi connectivity index (χ1) is 13.4. The molecule has 0 spiro atoms. The number of ether oxygens (including phenoxy) is 1. The van der Waals surface area contributed by atoms with E-state index in [0.29, 0.717) is 6.08 Å². The van der Waals surface area contributed by atoms with Gasteiger partial charge in [0, 0.05) is 24.3 Å². The van der Waals surface area contributed by atoms with Crippen molar-refractivity contribution in [3.8, 4) is 0 Å². The summed E-state index contributed by atoms with van der Waals surface area (Å²) >= 11 is 3.87. The maximum atomic E-state index is 11.5. The first kappa shape index (κ1) is 28.1. The van der Waals surface area contributed by atoms with Gasteiger partial charge in [0.25, 0.3) is 0 Å². The topological polar surface area (TPSA) is 222 Å². The van der Waals surface area contributed by atoms with Gasteiger partial charge in [-0.15, -0.1) is 0 Å². The molecule has 0 aliphatic heterocycles. The van der Waals surface area contributed by atoms with Crippen molar-refractivity contribution >= 4 is 48.3 Å². The summed E-state index contributed by atoms with van der Waals surface area (Å²) in [6.45, 7) is -0.567. The first-order valence-electron chi connectivity index (χ1n) is 7.81.